The second-order valence-corrected chi connectivity index (χ2v) is 29.2. The fourth-order valence-corrected chi connectivity index (χ4v) is 12.5. The summed E-state index contributed by atoms with van der Waals surface area (Å²) in [6.45, 7) is 4.40. The van der Waals surface area contributed by atoms with Crippen molar-refractivity contribution in [3.63, 3.8) is 0 Å². The average Bonchev–Trinajstić information content (AvgIpc) is 3.60. The maximum atomic E-state index is 12.9. The maximum Gasteiger partial charge on any atom is 0.472 e. The Bertz CT molecular complexity index is 1640. The molecule has 0 amide bonds. The van der Waals surface area contributed by atoms with Gasteiger partial charge in [-0.15, -0.1) is 0 Å². The van der Waals surface area contributed by atoms with Gasteiger partial charge in [0.1, 0.15) is 19.8 Å². The van der Waals surface area contributed by atoms with Gasteiger partial charge in [-0.05, 0) is 51.4 Å². The maximum absolute atomic E-state index is 12.9. The lowest BCUT2D eigenvalue weighted by Gasteiger charge is -2.24. The standard InChI is InChI=1S/C79H150NO8P/c1-6-8-10-12-14-16-18-20-22-24-26-28-30-32-33-34-35-36-37-38-39-40-41-42-43-44-45-46-47-48-50-52-54-56-58-60-62-64-66-68-70-72-79(82)88-77(76-87-89(83,84)86-74-73-80(3,4)5)75-85-78(81)71-69-67-65-63-61-59-57-55-53-51-49-31-29-27-25-23-21-19-17-15-13-11-9-7-2/h8,10,14,16,20,22,26,28,77H,6-7,9,11-13,15,17-19,21,23-25,27,29-76H2,1-5H3/p+1/b10-8-,16-14-,22-20-,28-26-. The van der Waals surface area contributed by atoms with E-state index < -0.39 is 26.5 Å². The molecule has 2 atom stereocenters. The molecule has 0 spiro atoms. The normalized spacial score (nSPS) is 13.3. The summed E-state index contributed by atoms with van der Waals surface area (Å²) in [6.07, 6.45) is 92.6. The number of likely N-dealkylation sites (N-methyl/N-ethyl adjacent to an activating group) is 1. The zero-order valence-corrected chi connectivity index (χ0v) is 60.8. The van der Waals surface area contributed by atoms with Gasteiger partial charge in [0.25, 0.3) is 0 Å². The minimum Gasteiger partial charge on any atom is -0.462 e. The summed E-state index contributed by atoms with van der Waals surface area (Å²) in [5, 5.41) is 0. The number of esters is 2. The molecule has 0 rings (SSSR count). The van der Waals surface area contributed by atoms with Gasteiger partial charge < -0.3 is 18.9 Å². The average molecular weight is 1270 g/mol. The van der Waals surface area contributed by atoms with Crippen LogP contribution in [-0.4, -0.2) is 74.9 Å². The molecule has 10 heteroatoms. The van der Waals surface area contributed by atoms with E-state index in [1.807, 2.05) is 21.1 Å². The van der Waals surface area contributed by atoms with Crippen LogP contribution in [0.1, 0.15) is 393 Å². The number of unbranched alkanes of at least 4 members (excludes halogenated alkanes) is 51. The van der Waals surface area contributed by atoms with Gasteiger partial charge in [-0.25, -0.2) is 4.57 Å². The van der Waals surface area contributed by atoms with Gasteiger partial charge in [0, 0.05) is 12.8 Å². The van der Waals surface area contributed by atoms with Crippen LogP contribution in [-0.2, 0) is 32.7 Å². The van der Waals surface area contributed by atoms with Crippen molar-refractivity contribution in [1.82, 2.24) is 0 Å². The van der Waals surface area contributed by atoms with Crippen LogP contribution in [0.25, 0.3) is 0 Å². The number of rotatable bonds is 73. The highest BCUT2D eigenvalue weighted by Gasteiger charge is 2.27. The van der Waals surface area contributed by atoms with Gasteiger partial charge in [-0.1, -0.05) is 377 Å². The first kappa shape index (κ1) is 87.0. The summed E-state index contributed by atoms with van der Waals surface area (Å²) in [5.41, 5.74) is 0. The number of carbonyl (C=O) groups excluding carboxylic acids is 2. The summed E-state index contributed by atoms with van der Waals surface area (Å²) in [7, 11) is 1.50. The highest BCUT2D eigenvalue weighted by Crippen LogP contribution is 2.43. The van der Waals surface area contributed by atoms with Gasteiger partial charge in [0.2, 0.25) is 0 Å². The van der Waals surface area contributed by atoms with Crippen molar-refractivity contribution >= 4 is 19.8 Å². The number of hydrogen-bond donors (Lipinski definition) is 1. The lowest BCUT2D eigenvalue weighted by molar-refractivity contribution is -0.870. The number of allylic oxidation sites excluding steroid dienone is 8. The molecular weight excluding hydrogens is 1120 g/mol. The fourth-order valence-electron chi connectivity index (χ4n) is 11.7. The second kappa shape index (κ2) is 70.3. The van der Waals surface area contributed by atoms with Gasteiger partial charge in [-0.3, -0.25) is 18.6 Å². The first-order valence-electron chi connectivity index (χ1n) is 38.9. The smallest absolute Gasteiger partial charge is 0.462 e. The molecule has 2 unspecified atom stereocenters. The Morgan fingerprint density at radius 3 is 0.955 bits per heavy atom. The van der Waals surface area contributed by atoms with E-state index in [0.29, 0.717) is 17.4 Å². The van der Waals surface area contributed by atoms with E-state index in [9.17, 15) is 19.0 Å². The lowest BCUT2D eigenvalue weighted by Crippen LogP contribution is -2.37. The molecule has 0 aliphatic rings. The Hall–Kier alpha value is -2.03. The first-order valence-corrected chi connectivity index (χ1v) is 40.4. The van der Waals surface area contributed by atoms with Crippen LogP contribution in [0.5, 0.6) is 0 Å². The number of ether oxygens (including phenoxy) is 2. The first-order chi connectivity index (χ1) is 43.5. The summed E-state index contributed by atoms with van der Waals surface area (Å²) in [4.78, 5) is 35.9. The highest BCUT2D eigenvalue weighted by molar-refractivity contribution is 7.47. The van der Waals surface area contributed by atoms with E-state index in [2.05, 4.69) is 62.5 Å². The summed E-state index contributed by atoms with van der Waals surface area (Å²) in [6, 6.07) is 0. The Morgan fingerprint density at radius 1 is 0.360 bits per heavy atom. The van der Waals surface area contributed by atoms with Crippen molar-refractivity contribution in [3.8, 4) is 0 Å². The third-order valence-electron chi connectivity index (χ3n) is 17.6. The van der Waals surface area contributed by atoms with Crippen LogP contribution < -0.4 is 0 Å². The minimum absolute atomic E-state index is 0.0357. The van der Waals surface area contributed by atoms with E-state index in [4.69, 9.17) is 18.5 Å². The van der Waals surface area contributed by atoms with E-state index >= 15 is 0 Å². The molecule has 0 fully saturated rings. The second-order valence-electron chi connectivity index (χ2n) is 27.7. The molecule has 9 nitrogen and oxygen atoms in total. The van der Waals surface area contributed by atoms with E-state index in [-0.39, 0.29) is 25.6 Å². The van der Waals surface area contributed by atoms with Crippen LogP contribution in [0.3, 0.4) is 0 Å². The number of hydrogen-bond acceptors (Lipinski definition) is 7. The number of phosphoric acid groups is 1. The van der Waals surface area contributed by atoms with Crippen molar-refractivity contribution in [2.45, 2.75) is 399 Å². The van der Waals surface area contributed by atoms with Crippen molar-refractivity contribution < 1.29 is 42.1 Å². The topological polar surface area (TPSA) is 108 Å². The van der Waals surface area contributed by atoms with Gasteiger partial charge in [-0.2, -0.15) is 0 Å². The summed E-state index contributed by atoms with van der Waals surface area (Å²) in [5.74, 6) is -0.770. The molecule has 0 aromatic carbocycles. The Kier molecular flexibility index (Phi) is 68.7. The third kappa shape index (κ3) is 74.9. The Morgan fingerprint density at radius 2 is 0.640 bits per heavy atom. The van der Waals surface area contributed by atoms with Crippen LogP contribution in [0, 0.1) is 0 Å². The monoisotopic (exact) mass is 1270 g/mol. The van der Waals surface area contributed by atoms with Crippen molar-refractivity contribution in [1.29, 1.82) is 0 Å². The zero-order valence-electron chi connectivity index (χ0n) is 59.9. The quantitative estimate of drug-likeness (QED) is 0.0211. The molecule has 0 radical (unpaired) electrons. The molecule has 0 bridgehead atoms. The molecule has 0 aromatic rings. The predicted octanol–water partition coefficient (Wildman–Crippen LogP) is 25.6. The third-order valence-corrected chi connectivity index (χ3v) is 18.6. The molecule has 524 valence electrons. The predicted molar refractivity (Wildman–Crippen MR) is 386 cm³/mol. The molecule has 89 heavy (non-hydrogen) atoms. The SMILES string of the molecule is CC/C=C\C/C=C\C/C=C\C/C=C\CCCCCCCCCCCCCCCCCCCCCCCCCCCCCCC(=O)OC(COC(=O)CCCCCCCCCCCCCCCCCCCCCCCCCC)COP(=O)(O)OCC[N+](C)(C)C. The number of quaternary nitrogens is 1. The van der Waals surface area contributed by atoms with Gasteiger partial charge >= 0.3 is 19.8 Å². The molecule has 0 saturated heterocycles. The molecule has 0 saturated carbocycles. The minimum atomic E-state index is -4.39. The lowest BCUT2D eigenvalue weighted by atomic mass is 10.0. The molecule has 0 aliphatic carbocycles. The number of carbonyl (C=O) groups is 2. The van der Waals surface area contributed by atoms with Gasteiger partial charge in [0.15, 0.2) is 6.10 Å². The van der Waals surface area contributed by atoms with Crippen LogP contribution >= 0.6 is 7.82 Å². The largest absolute Gasteiger partial charge is 0.472 e. The van der Waals surface area contributed by atoms with Crippen molar-refractivity contribution in [3.05, 3.63) is 48.6 Å². The van der Waals surface area contributed by atoms with Crippen molar-refractivity contribution in [2.75, 3.05) is 47.5 Å². The van der Waals surface area contributed by atoms with Crippen LogP contribution in [0.15, 0.2) is 48.6 Å². The highest BCUT2D eigenvalue weighted by atomic mass is 31.2. The fraction of sp³-hybridized carbons (Fsp3) is 0.873. The summed E-state index contributed by atoms with van der Waals surface area (Å²) >= 11 is 0. The molecule has 0 aliphatic heterocycles. The Balaban J connectivity index is 3.87. The zero-order chi connectivity index (χ0) is 64.8. The van der Waals surface area contributed by atoms with Crippen molar-refractivity contribution in [2.24, 2.45) is 0 Å². The van der Waals surface area contributed by atoms with E-state index in [0.717, 1.165) is 64.2 Å². The molecule has 0 heterocycles. The number of nitrogens with zero attached hydrogens (tertiary/aromatic N) is 1. The van der Waals surface area contributed by atoms with Gasteiger partial charge in [0.05, 0.1) is 27.7 Å². The number of phosphoric ester groups is 1. The van der Waals surface area contributed by atoms with Crippen LogP contribution in [0.2, 0.25) is 0 Å². The van der Waals surface area contributed by atoms with E-state index in [1.54, 1.807) is 0 Å². The molecule has 0 aromatic heterocycles. The van der Waals surface area contributed by atoms with Crippen LogP contribution in [0.4, 0.5) is 0 Å². The summed E-state index contributed by atoms with van der Waals surface area (Å²) < 4.78 is 34.8. The van der Waals surface area contributed by atoms with E-state index in [1.165, 1.54) is 302 Å². The molecular formula is C79H151NO8P+. The Labute approximate surface area is 554 Å². The molecule has 1 N–H and O–H groups in total.